The van der Waals surface area contributed by atoms with E-state index in [1.165, 1.54) is 30.2 Å². The van der Waals surface area contributed by atoms with Crippen LogP contribution in [0.5, 0.6) is 5.75 Å². The predicted octanol–water partition coefficient (Wildman–Crippen LogP) is 4.16. The summed E-state index contributed by atoms with van der Waals surface area (Å²) in [6, 6.07) is 17.0. The van der Waals surface area contributed by atoms with E-state index in [9.17, 15) is 18.8 Å². The molecule has 3 aromatic rings. The van der Waals surface area contributed by atoms with Gasteiger partial charge in [-0.1, -0.05) is 17.7 Å². The number of hydrogen-bond donors (Lipinski definition) is 2. The van der Waals surface area contributed by atoms with Crippen LogP contribution in [-0.4, -0.2) is 41.0 Å². The van der Waals surface area contributed by atoms with Gasteiger partial charge in [-0.25, -0.2) is 9.40 Å². The summed E-state index contributed by atoms with van der Waals surface area (Å²) in [5.41, 5.74) is 3.49. The van der Waals surface area contributed by atoms with Gasteiger partial charge in [-0.2, -0.15) is 0 Å². The fraction of sp³-hybridized carbons (Fsp3) is 0.120. The molecule has 0 radical (unpaired) electrons. The van der Waals surface area contributed by atoms with Crippen molar-refractivity contribution >= 4 is 58.0 Å². The third kappa shape index (κ3) is 5.45. The van der Waals surface area contributed by atoms with E-state index in [-0.39, 0.29) is 17.1 Å². The second kappa shape index (κ2) is 10.7. The van der Waals surface area contributed by atoms with E-state index >= 15 is 0 Å². The molecule has 3 amide bonds. The number of hydrogen-bond acceptors (Lipinski definition) is 5. The van der Waals surface area contributed by atoms with Crippen molar-refractivity contribution in [3.8, 4) is 5.75 Å². The third-order valence-corrected chi connectivity index (χ3v) is 5.99. The van der Waals surface area contributed by atoms with Crippen LogP contribution in [0.15, 0.2) is 72.8 Å². The quantitative estimate of drug-likeness (QED) is 0.449. The molecule has 1 fully saturated rings. The average molecular weight is 527 g/mol. The highest BCUT2D eigenvalue weighted by molar-refractivity contribution is 7.80. The molecule has 0 aromatic heterocycles. The molecule has 3 aromatic carbocycles. The third-order valence-electron chi connectivity index (χ3n) is 5.36. The molecule has 1 aliphatic heterocycles. The van der Waals surface area contributed by atoms with Crippen molar-refractivity contribution in [1.29, 1.82) is 0 Å². The number of rotatable bonds is 7. The van der Waals surface area contributed by atoms with Crippen LogP contribution in [0.3, 0.4) is 0 Å². The van der Waals surface area contributed by atoms with Gasteiger partial charge >= 0.3 is 0 Å². The van der Waals surface area contributed by atoms with Gasteiger partial charge in [-0.15, -0.1) is 0 Å². The number of carbonyl (C=O) groups excluding carboxylic acids is 3. The van der Waals surface area contributed by atoms with Gasteiger partial charge in [0.15, 0.2) is 0 Å². The van der Waals surface area contributed by atoms with Crippen molar-refractivity contribution < 1.29 is 23.5 Å². The summed E-state index contributed by atoms with van der Waals surface area (Å²) in [7, 11) is 1.51. The first kappa shape index (κ1) is 25.1. The number of hydrazine groups is 1. The number of methoxy groups -OCH3 is 1. The highest BCUT2D eigenvalue weighted by atomic mass is 35.5. The smallest absolute Gasteiger partial charge is 0.269 e. The summed E-state index contributed by atoms with van der Waals surface area (Å²) < 4.78 is 18.8. The Morgan fingerprint density at radius 2 is 1.78 bits per heavy atom. The zero-order chi connectivity index (χ0) is 25.8. The van der Waals surface area contributed by atoms with Crippen molar-refractivity contribution in [3.63, 3.8) is 0 Å². The number of thiocarbonyl (C=S) groups is 1. The molecule has 8 nitrogen and oxygen atoms in total. The molecule has 2 N–H and O–H groups in total. The van der Waals surface area contributed by atoms with E-state index in [0.717, 1.165) is 11.1 Å². The Bertz CT molecular complexity index is 1320. The Kier molecular flexibility index (Phi) is 7.47. The Morgan fingerprint density at radius 1 is 1.08 bits per heavy atom. The zero-order valence-electron chi connectivity index (χ0n) is 18.9. The number of benzene rings is 3. The SMILES string of the molecule is COc1ccc(N2C(=O)[C@H](CC(=O)Nc3ccc(Cl)cc3)N(NC(=O)c3cccc(F)c3)C2=S)cc1. The second-order valence-electron chi connectivity index (χ2n) is 7.75. The van der Waals surface area contributed by atoms with Crippen LogP contribution in [0.25, 0.3) is 0 Å². The highest BCUT2D eigenvalue weighted by Gasteiger charge is 2.45. The average Bonchev–Trinajstić information content (AvgIpc) is 3.09. The number of amides is 3. The largest absolute Gasteiger partial charge is 0.497 e. The van der Waals surface area contributed by atoms with Crippen LogP contribution in [0.4, 0.5) is 15.8 Å². The molecule has 11 heteroatoms. The van der Waals surface area contributed by atoms with Crippen molar-refractivity contribution in [3.05, 3.63) is 89.2 Å². The summed E-state index contributed by atoms with van der Waals surface area (Å²) in [5.74, 6) is -1.71. The maximum atomic E-state index is 13.7. The van der Waals surface area contributed by atoms with Gasteiger partial charge in [0.25, 0.3) is 11.8 Å². The molecule has 184 valence electrons. The molecular formula is C25H20ClFN4O4S. The molecule has 0 spiro atoms. The lowest BCUT2D eigenvalue weighted by Gasteiger charge is -2.24. The van der Waals surface area contributed by atoms with Gasteiger partial charge in [0.2, 0.25) is 11.0 Å². The van der Waals surface area contributed by atoms with E-state index in [1.807, 2.05) is 0 Å². The number of ether oxygens (including phenoxy) is 1. The Morgan fingerprint density at radius 3 is 2.42 bits per heavy atom. The molecule has 1 aliphatic rings. The van der Waals surface area contributed by atoms with Crippen molar-refractivity contribution in [2.75, 3.05) is 17.3 Å². The van der Waals surface area contributed by atoms with Crippen LogP contribution >= 0.6 is 23.8 Å². The van der Waals surface area contributed by atoms with Gasteiger partial charge in [-0.05, 0) is 78.9 Å². The fourth-order valence-corrected chi connectivity index (χ4v) is 4.09. The second-order valence-corrected chi connectivity index (χ2v) is 8.55. The van der Waals surface area contributed by atoms with Crippen LogP contribution < -0.4 is 20.4 Å². The molecule has 1 heterocycles. The van der Waals surface area contributed by atoms with Crippen LogP contribution in [-0.2, 0) is 9.59 Å². The normalized spacial score (nSPS) is 15.1. The van der Waals surface area contributed by atoms with Gasteiger partial charge in [0.1, 0.15) is 17.6 Å². The molecule has 1 saturated heterocycles. The molecule has 1 atom stereocenters. The first-order valence-electron chi connectivity index (χ1n) is 10.7. The molecule has 36 heavy (non-hydrogen) atoms. The van der Waals surface area contributed by atoms with Crippen LogP contribution in [0, 0.1) is 5.82 Å². The summed E-state index contributed by atoms with van der Waals surface area (Å²) in [5, 5.41) is 4.31. The number of anilines is 2. The molecule has 0 unspecified atom stereocenters. The molecule has 0 bridgehead atoms. The topological polar surface area (TPSA) is 91.0 Å². The maximum Gasteiger partial charge on any atom is 0.269 e. The number of carbonyl (C=O) groups is 3. The van der Waals surface area contributed by atoms with Crippen LogP contribution in [0.2, 0.25) is 5.02 Å². The van der Waals surface area contributed by atoms with E-state index in [2.05, 4.69) is 10.7 Å². The molecule has 0 saturated carbocycles. The van der Waals surface area contributed by atoms with Crippen molar-refractivity contribution in [1.82, 2.24) is 10.4 Å². The van der Waals surface area contributed by atoms with Gasteiger partial charge < -0.3 is 10.1 Å². The standard InChI is InChI=1S/C25H20ClFN4O4S/c1-35-20-11-9-19(10-12-20)30-24(34)21(14-22(32)28-18-7-5-16(26)6-8-18)31(25(30)36)29-23(33)15-3-2-4-17(27)13-15/h2-13,21H,14H2,1H3,(H,28,32)(H,29,33)/t21-/m0/s1. The van der Waals surface area contributed by atoms with E-state index < -0.39 is 29.6 Å². The summed E-state index contributed by atoms with van der Waals surface area (Å²) in [6.45, 7) is 0. The summed E-state index contributed by atoms with van der Waals surface area (Å²) in [6.07, 6.45) is -0.322. The van der Waals surface area contributed by atoms with Crippen molar-refractivity contribution in [2.45, 2.75) is 12.5 Å². The zero-order valence-corrected chi connectivity index (χ0v) is 20.5. The Hall–Kier alpha value is -4.02. The lowest BCUT2D eigenvalue weighted by Crippen LogP contribution is -2.49. The van der Waals surface area contributed by atoms with Gasteiger partial charge in [0, 0.05) is 16.3 Å². The minimum absolute atomic E-state index is 0.0255. The van der Waals surface area contributed by atoms with Gasteiger partial charge in [-0.3, -0.25) is 24.7 Å². The fourth-order valence-electron chi connectivity index (χ4n) is 3.59. The van der Waals surface area contributed by atoms with E-state index in [0.29, 0.717) is 22.1 Å². The summed E-state index contributed by atoms with van der Waals surface area (Å²) >= 11 is 11.4. The molecular weight excluding hydrogens is 507 g/mol. The first-order valence-corrected chi connectivity index (χ1v) is 11.5. The number of halogens is 2. The highest BCUT2D eigenvalue weighted by Crippen LogP contribution is 2.28. The van der Waals surface area contributed by atoms with Crippen molar-refractivity contribution in [2.24, 2.45) is 0 Å². The van der Waals surface area contributed by atoms with Gasteiger partial charge in [0.05, 0.1) is 19.2 Å². The monoisotopic (exact) mass is 526 g/mol. The molecule has 4 rings (SSSR count). The number of nitrogens with zero attached hydrogens (tertiary/aromatic N) is 2. The van der Waals surface area contributed by atoms with E-state index in [1.54, 1.807) is 48.5 Å². The minimum atomic E-state index is -1.15. The van der Waals surface area contributed by atoms with Crippen LogP contribution in [0.1, 0.15) is 16.8 Å². The first-order chi connectivity index (χ1) is 17.3. The summed E-state index contributed by atoms with van der Waals surface area (Å²) in [4.78, 5) is 40.3. The minimum Gasteiger partial charge on any atom is -0.497 e. The maximum absolute atomic E-state index is 13.7. The number of nitrogens with one attached hydrogen (secondary N) is 2. The predicted molar refractivity (Wildman–Crippen MR) is 137 cm³/mol. The molecule has 0 aliphatic carbocycles. The lowest BCUT2D eigenvalue weighted by atomic mass is 10.1. The van der Waals surface area contributed by atoms with E-state index in [4.69, 9.17) is 28.6 Å². The lowest BCUT2D eigenvalue weighted by molar-refractivity contribution is -0.124. The Labute approximate surface area is 216 Å². The Balaban J connectivity index is 1.60.